The Hall–Kier alpha value is -6.06. The van der Waals surface area contributed by atoms with Gasteiger partial charge in [0, 0.05) is 17.1 Å². The largest absolute Gasteiger partial charge is 0.399 e. The van der Waals surface area contributed by atoms with Crippen LogP contribution in [-0.4, -0.2) is 0 Å². The fourth-order valence-electron chi connectivity index (χ4n) is 6.04. The van der Waals surface area contributed by atoms with Crippen molar-refractivity contribution < 1.29 is 0 Å². The van der Waals surface area contributed by atoms with E-state index < -0.39 is 0 Å². The Morgan fingerprint density at radius 3 is 0.644 bits per heavy atom. The smallest absolute Gasteiger partial charge is 0.0314 e. The van der Waals surface area contributed by atoms with E-state index in [1.54, 1.807) is 0 Å². The van der Waals surface area contributed by atoms with Crippen LogP contribution in [0.25, 0.3) is 66.8 Å². The van der Waals surface area contributed by atoms with Gasteiger partial charge in [-0.25, -0.2) is 0 Å². The lowest BCUT2D eigenvalue weighted by Crippen LogP contribution is -1.92. The van der Waals surface area contributed by atoms with Crippen LogP contribution in [-0.2, 0) is 0 Å². The van der Waals surface area contributed by atoms with Crippen LogP contribution in [0.3, 0.4) is 0 Å². The van der Waals surface area contributed by atoms with Gasteiger partial charge in [0.2, 0.25) is 0 Å². The second-order valence-corrected chi connectivity index (χ2v) is 11.3. The van der Waals surface area contributed by atoms with E-state index in [1.165, 1.54) is 0 Å². The van der Waals surface area contributed by atoms with Crippen LogP contribution in [0.4, 0.5) is 17.1 Å². The molecule has 0 aliphatic rings. The second kappa shape index (κ2) is 11.9. The quantitative estimate of drug-likeness (QED) is 0.172. The number of anilines is 3. The molecule has 0 unspecified atom stereocenters. The number of nitrogens with two attached hydrogens (primary N) is 3. The van der Waals surface area contributed by atoms with Crippen LogP contribution in [0.2, 0.25) is 0 Å². The van der Waals surface area contributed by atoms with Crippen LogP contribution in [0, 0.1) is 0 Å². The van der Waals surface area contributed by atoms with Crippen molar-refractivity contribution in [1.82, 2.24) is 0 Å². The monoisotopic (exact) mass is 579 g/mol. The van der Waals surface area contributed by atoms with Gasteiger partial charge in [0.1, 0.15) is 0 Å². The van der Waals surface area contributed by atoms with Gasteiger partial charge in [-0.3, -0.25) is 0 Å². The summed E-state index contributed by atoms with van der Waals surface area (Å²) in [7, 11) is 0. The number of nitrogen functional groups attached to an aromatic ring is 3. The Morgan fingerprint density at radius 2 is 0.422 bits per heavy atom. The SMILES string of the molecule is Nc1ccc(-c2ccccc2-c2cc(-c3ccccc3-c3ccc(N)cc3)cc(-c3ccccc3-c3ccc(N)cc3)c2)cc1. The Balaban J connectivity index is 1.48. The maximum absolute atomic E-state index is 6.05. The standard InChI is InChI=1S/C42H33N3/c43-34-19-13-28(14-20-34)37-7-1-4-10-40(37)31-25-32(41-11-5-2-8-38(41)29-15-21-35(44)22-16-29)27-33(26-31)42-12-6-3-9-39(42)30-17-23-36(45)24-18-30/h1-27H,43-45H2. The summed E-state index contributed by atoms with van der Waals surface area (Å²) in [5.74, 6) is 0. The van der Waals surface area contributed by atoms with E-state index in [0.29, 0.717) is 0 Å². The van der Waals surface area contributed by atoms with Crippen LogP contribution in [0.5, 0.6) is 0 Å². The molecule has 7 aromatic carbocycles. The molecule has 0 aromatic heterocycles. The summed E-state index contributed by atoms with van der Waals surface area (Å²) in [5.41, 5.74) is 34.1. The molecule has 0 atom stereocenters. The Morgan fingerprint density at radius 1 is 0.222 bits per heavy atom. The van der Waals surface area contributed by atoms with Crippen molar-refractivity contribution in [3.63, 3.8) is 0 Å². The van der Waals surface area contributed by atoms with E-state index in [-0.39, 0.29) is 0 Å². The number of rotatable bonds is 6. The van der Waals surface area contributed by atoms with Crippen LogP contribution in [0.15, 0.2) is 164 Å². The predicted molar refractivity (Wildman–Crippen MR) is 192 cm³/mol. The third-order valence-electron chi connectivity index (χ3n) is 8.31. The first-order chi connectivity index (χ1) is 22.0. The second-order valence-electron chi connectivity index (χ2n) is 11.3. The molecule has 0 bridgehead atoms. The third kappa shape index (κ3) is 5.67. The van der Waals surface area contributed by atoms with E-state index in [2.05, 4.69) is 127 Å². The molecule has 7 aromatic rings. The van der Waals surface area contributed by atoms with Gasteiger partial charge < -0.3 is 17.2 Å². The third-order valence-corrected chi connectivity index (χ3v) is 8.31. The highest BCUT2D eigenvalue weighted by Crippen LogP contribution is 2.42. The van der Waals surface area contributed by atoms with E-state index in [9.17, 15) is 0 Å². The summed E-state index contributed by atoms with van der Waals surface area (Å²) in [6.45, 7) is 0. The molecule has 0 amide bonds. The molecule has 0 fully saturated rings. The highest BCUT2D eigenvalue weighted by molar-refractivity contribution is 5.94. The van der Waals surface area contributed by atoms with Gasteiger partial charge in [0.05, 0.1) is 0 Å². The lowest BCUT2D eigenvalue weighted by Gasteiger charge is -2.18. The molecule has 0 saturated heterocycles. The lowest BCUT2D eigenvalue weighted by molar-refractivity contribution is 1.54. The Kier molecular flexibility index (Phi) is 7.34. The minimum Gasteiger partial charge on any atom is -0.399 e. The van der Waals surface area contributed by atoms with Crippen LogP contribution < -0.4 is 17.2 Å². The predicted octanol–water partition coefficient (Wildman–Crippen LogP) is 10.4. The van der Waals surface area contributed by atoms with Gasteiger partial charge in [0.15, 0.2) is 0 Å². The maximum atomic E-state index is 6.05. The van der Waals surface area contributed by atoms with E-state index in [0.717, 1.165) is 83.8 Å². The topological polar surface area (TPSA) is 78.1 Å². The van der Waals surface area contributed by atoms with Crippen molar-refractivity contribution >= 4 is 17.1 Å². The zero-order valence-corrected chi connectivity index (χ0v) is 24.8. The molecule has 216 valence electrons. The highest BCUT2D eigenvalue weighted by Gasteiger charge is 2.16. The lowest BCUT2D eigenvalue weighted by atomic mass is 9.86. The molecular weight excluding hydrogens is 546 g/mol. The summed E-state index contributed by atoms with van der Waals surface area (Å²) in [6.07, 6.45) is 0. The van der Waals surface area contributed by atoms with Crippen molar-refractivity contribution in [2.45, 2.75) is 0 Å². The van der Waals surface area contributed by atoms with Gasteiger partial charge in [-0.2, -0.15) is 0 Å². The molecule has 6 N–H and O–H groups in total. The Bertz CT molecular complexity index is 1850. The molecule has 0 aliphatic carbocycles. The molecule has 0 aliphatic heterocycles. The zero-order valence-electron chi connectivity index (χ0n) is 24.8. The molecule has 7 rings (SSSR count). The fourth-order valence-corrected chi connectivity index (χ4v) is 6.04. The minimum absolute atomic E-state index is 0.749. The molecule has 0 spiro atoms. The van der Waals surface area contributed by atoms with Crippen LogP contribution >= 0.6 is 0 Å². The summed E-state index contributed by atoms with van der Waals surface area (Å²) < 4.78 is 0. The van der Waals surface area contributed by atoms with Gasteiger partial charge >= 0.3 is 0 Å². The minimum atomic E-state index is 0.749. The first-order valence-corrected chi connectivity index (χ1v) is 15.0. The average Bonchev–Trinajstić information content (AvgIpc) is 3.09. The molecule has 3 nitrogen and oxygen atoms in total. The molecule has 0 radical (unpaired) electrons. The van der Waals surface area contributed by atoms with Crippen molar-refractivity contribution in [2.24, 2.45) is 0 Å². The first kappa shape index (κ1) is 27.8. The Labute approximate surface area is 264 Å². The van der Waals surface area contributed by atoms with Gasteiger partial charge in [0.25, 0.3) is 0 Å². The van der Waals surface area contributed by atoms with E-state index in [4.69, 9.17) is 17.2 Å². The normalized spacial score (nSPS) is 10.9. The van der Waals surface area contributed by atoms with Crippen molar-refractivity contribution in [3.05, 3.63) is 164 Å². The average molecular weight is 580 g/mol. The molecular formula is C42H33N3. The summed E-state index contributed by atoms with van der Waals surface area (Å²) in [5, 5.41) is 0. The van der Waals surface area contributed by atoms with Gasteiger partial charge in [-0.05, 0) is 121 Å². The molecule has 3 heteroatoms. The molecule has 45 heavy (non-hydrogen) atoms. The zero-order chi connectivity index (χ0) is 30.8. The van der Waals surface area contributed by atoms with Gasteiger partial charge in [-0.15, -0.1) is 0 Å². The first-order valence-electron chi connectivity index (χ1n) is 15.0. The number of benzene rings is 7. The van der Waals surface area contributed by atoms with Crippen LogP contribution in [0.1, 0.15) is 0 Å². The number of hydrogen-bond acceptors (Lipinski definition) is 3. The fraction of sp³-hybridized carbons (Fsp3) is 0. The van der Waals surface area contributed by atoms with Gasteiger partial charge in [-0.1, -0.05) is 109 Å². The number of hydrogen-bond donors (Lipinski definition) is 3. The van der Waals surface area contributed by atoms with Crippen molar-refractivity contribution in [3.8, 4) is 66.8 Å². The molecule has 0 heterocycles. The molecule has 0 saturated carbocycles. The summed E-state index contributed by atoms with van der Waals surface area (Å²) in [4.78, 5) is 0. The highest BCUT2D eigenvalue weighted by atomic mass is 14.5. The van der Waals surface area contributed by atoms with E-state index >= 15 is 0 Å². The summed E-state index contributed by atoms with van der Waals surface area (Å²) >= 11 is 0. The van der Waals surface area contributed by atoms with Crippen molar-refractivity contribution in [2.75, 3.05) is 17.2 Å². The van der Waals surface area contributed by atoms with E-state index in [1.807, 2.05) is 36.4 Å². The van der Waals surface area contributed by atoms with Crippen molar-refractivity contribution in [1.29, 1.82) is 0 Å². The summed E-state index contributed by atoms with van der Waals surface area (Å²) in [6, 6.07) is 56.9. The maximum Gasteiger partial charge on any atom is 0.0314 e.